The summed E-state index contributed by atoms with van der Waals surface area (Å²) in [6, 6.07) is 9.81. The summed E-state index contributed by atoms with van der Waals surface area (Å²) in [5.41, 5.74) is 1.13. The normalized spacial score (nSPS) is 17.9. The van der Waals surface area contributed by atoms with Gasteiger partial charge in [-0.15, -0.1) is 0 Å². The Hall–Kier alpha value is -0.960. The van der Waals surface area contributed by atoms with Crippen molar-refractivity contribution in [1.29, 1.82) is 0 Å². The summed E-state index contributed by atoms with van der Waals surface area (Å²) in [6.45, 7) is 2.82. The molecule has 2 rings (SSSR count). The first-order valence-corrected chi connectivity index (χ1v) is 11.6. The maximum atomic E-state index is 12.4. The van der Waals surface area contributed by atoms with Gasteiger partial charge in [0.05, 0.1) is 11.5 Å². The molecule has 0 N–H and O–H groups in total. The fourth-order valence-corrected chi connectivity index (χ4v) is 5.83. The van der Waals surface area contributed by atoms with E-state index in [0.29, 0.717) is 12.8 Å². The number of hydrogen-bond acceptors (Lipinski definition) is 4. The SMILES string of the molecule is CCCS(=O)(=O)N1CCN(S(=O)(=O)CCCc2ccccc2)CC1. The molecule has 1 aliphatic rings. The van der Waals surface area contributed by atoms with Crippen LogP contribution in [0.4, 0.5) is 0 Å². The average Bonchev–Trinajstić information content (AvgIpc) is 2.56. The first-order chi connectivity index (χ1) is 11.3. The Morgan fingerprint density at radius 3 is 1.83 bits per heavy atom. The van der Waals surface area contributed by atoms with Gasteiger partial charge in [-0.1, -0.05) is 37.3 Å². The Morgan fingerprint density at radius 1 is 0.833 bits per heavy atom. The second-order valence-corrected chi connectivity index (χ2v) is 10.2. The molecule has 24 heavy (non-hydrogen) atoms. The lowest BCUT2D eigenvalue weighted by atomic mass is 10.1. The number of hydrogen-bond donors (Lipinski definition) is 0. The van der Waals surface area contributed by atoms with Crippen LogP contribution >= 0.6 is 0 Å². The molecule has 1 aromatic rings. The summed E-state index contributed by atoms with van der Waals surface area (Å²) < 4.78 is 51.7. The van der Waals surface area contributed by atoms with Gasteiger partial charge in [-0.2, -0.15) is 8.61 Å². The topological polar surface area (TPSA) is 74.8 Å². The predicted molar refractivity (Wildman–Crippen MR) is 95.8 cm³/mol. The third-order valence-corrected chi connectivity index (χ3v) is 8.19. The summed E-state index contributed by atoms with van der Waals surface area (Å²) >= 11 is 0. The van der Waals surface area contributed by atoms with Crippen LogP contribution in [0.5, 0.6) is 0 Å². The van der Waals surface area contributed by atoms with Gasteiger partial charge < -0.3 is 0 Å². The van der Waals surface area contributed by atoms with Crippen LogP contribution in [-0.2, 0) is 26.5 Å². The summed E-state index contributed by atoms with van der Waals surface area (Å²) in [6.07, 6.45) is 1.87. The van der Waals surface area contributed by atoms with E-state index in [4.69, 9.17) is 0 Å². The van der Waals surface area contributed by atoms with E-state index in [1.54, 1.807) is 0 Å². The van der Waals surface area contributed by atoms with Crippen LogP contribution in [0, 0.1) is 0 Å². The van der Waals surface area contributed by atoms with Crippen molar-refractivity contribution in [2.24, 2.45) is 0 Å². The van der Waals surface area contributed by atoms with E-state index in [0.717, 1.165) is 12.0 Å². The monoisotopic (exact) mass is 374 g/mol. The fraction of sp³-hybridized carbons (Fsp3) is 0.625. The predicted octanol–water partition coefficient (Wildman–Crippen LogP) is 1.31. The first kappa shape index (κ1) is 19.4. The van der Waals surface area contributed by atoms with Crippen molar-refractivity contribution in [2.75, 3.05) is 37.7 Å². The number of piperazine rings is 1. The van der Waals surface area contributed by atoms with Gasteiger partial charge in [0.15, 0.2) is 0 Å². The highest BCUT2D eigenvalue weighted by Crippen LogP contribution is 2.14. The Balaban J connectivity index is 1.84. The average molecular weight is 375 g/mol. The molecule has 1 fully saturated rings. The van der Waals surface area contributed by atoms with Gasteiger partial charge in [-0.25, -0.2) is 16.8 Å². The Kier molecular flexibility index (Phi) is 6.79. The van der Waals surface area contributed by atoms with E-state index in [2.05, 4.69) is 0 Å². The molecule has 0 aliphatic carbocycles. The molecule has 1 saturated heterocycles. The molecule has 8 heteroatoms. The van der Waals surface area contributed by atoms with Crippen molar-refractivity contribution < 1.29 is 16.8 Å². The zero-order valence-corrected chi connectivity index (χ0v) is 15.7. The van der Waals surface area contributed by atoms with Crippen molar-refractivity contribution in [2.45, 2.75) is 26.2 Å². The van der Waals surface area contributed by atoms with Gasteiger partial charge in [0, 0.05) is 26.2 Å². The molecule has 0 bridgehead atoms. The van der Waals surface area contributed by atoms with Crippen molar-refractivity contribution in [1.82, 2.24) is 8.61 Å². The molecule has 1 aliphatic heterocycles. The van der Waals surface area contributed by atoms with Gasteiger partial charge >= 0.3 is 0 Å². The van der Waals surface area contributed by atoms with Crippen LogP contribution in [0.25, 0.3) is 0 Å². The lowest BCUT2D eigenvalue weighted by Gasteiger charge is -2.33. The first-order valence-electron chi connectivity index (χ1n) is 8.35. The summed E-state index contributed by atoms with van der Waals surface area (Å²) in [4.78, 5) is 0. The highest BCUT2D eigenvalue weighted by Gasteiger charge is 2.31. The third-order valence-electron chi connectivity index (χ3n) is 4.16. The molecule has 1 heterocycles. The highest BCUT2D eigenvalue weighted by molar-refractivity contribution is 7.89. The molecular weight excluding hydrogens is 348 g/mol. The Labute approximate surface area is 145 Å². The number of rotatable bonds is 8. The maximum absolute atomic E-state index is 12.4. The lowest BCUT2D eigenvalue weighted by molar-refractivity contribution is 0.272. The molecule has 0 atom stereocenters. The van der Waals surface area contributed by atoms with Gasteiger partial charge in [-0.3, -0.25) is 0 Å². The van der Waals surface area contributed by atoms with E-state index in [-0.39, 0.29) is 37.7 Å². The van der Waals surface area contributed by atoms with E-state index in [9.17, 15) is 16.8 Å². The minimum absolute atomic E-state index is 0.101. The van der Waals surface area contributed by atoms with Crippen molar-refractivity contribution >= 4 is 20.0 Å². The molecule has 0 aromatic heterocycles. The molecule has 6 nitrogen and oxygen atoms in total. The standard InChI is InChI=1S/C16H26N2O4S2/c1-2-14-23(19,20)17-10-12-18(13-11-17)24(21,22)15-6-9-16-7-4-3-5-8-16/h3-5,7-8H,2,6,9-15H2,1H3. The second-order valence-electron chi connectivity index (χ2n) is 6.02. The van der Waals surface area contributed by atoms with Crippen LogP contribution in [0.3, 0.4) is 0 Å². The summed E-state index contributed by atoms with van der Waals surface area (Å²) in [5.74, 6) is 0.223. The molecule has 0 saturated carbocycles. The largest absolute Gasteiger partial charge is 0.214 e. The van der Waals surface area contributed by atoms with Crippen LogP contribution in [-0.4, -0.2) is 63.1 Å². The summed E-state index contributed by atoms with van der Waals surface area (Å²) in [7, 11) is -6.57. The fourth-order valence-electron chi connectivity index (χ4n) is 2.85. The van der Waals surface area contributed by atoms with E-state index < -0.39 is 20.0 Å². The quantitative estimate of drug-likeness (QED) is 0.687. The minimum atomic E-state index is -3.32. The van der Waals surface area contributed by atoms with Crippen LogP contribution in [0.15, 0.2) is 30.3 Å². The number of aryl methyl sites for hydroxylation is 1. The van der Waals surface area contributed by atoms with Gasteiger partial charge in [-0.05, 0) is 24.8 Å². The number of nitrogens with zero attached hydrogens (tertiary/aromatic N) is 2. The van der Waals surface area contributed by atoms with Crippen LogP contribution < -0.4 is 0 Å². The molecule has 0 amide bonds. The van der Waals surface area contributed by atoms with Crippen molar-refractivity contribution in [3.8, 4) is 0 Å². The third kappa shape index (κ3) is 5.27. The maximum Gasteiger partial charge on any atom is 0.214 e. The number of sulfonamides is 2. The Bertz CT molecular complexity index is 710. The molecule has 0 unspecified atom stereocenters. The summed E-state index contributed by atoms with van der Waals surface area (Å²) in [5, 5.41) is 0. The van der Waals surface area contributed by atoms with Gasteiger partial charge in [0.2, 0.25) is 20.0 Å². The smallest absolute Gasteiger partial charge is 0.212 e. The van der Waals surface area contributed by atoms with Crippen LogP contribution in [0.2, 0.25) is 0 Å². The molecular formula is C16H26N2O4S2. The second kappa shape index (κ2) is 8.42. The lowest BCUT2D eigenvalue weighted by Crippen LogP contribution is -2.51. The number of benzene rings is 1. The van der Waals surface area contributed by atoms with Crippen molar-refractivity contribution in [3.05, 3.63) is 35.9 Å². The zero-order chi connectivity index (χ0) is 17.6. The van der Waals surface area contributed by atoms with Crippen LogP contribution in [0.1, 0.15) is 25.3 Å². The van der Waals surface area contributed by atoms with Gasteiger partial charge in [0.1, 0.15) is 0 Å². The van der Waals surface area contributed by atoms with E-state index in [1.807, 2.05) is 37.3 Å². The molecule has 0 radical (unpaired) electrons. The molecule has 136 valence electrons. The Morgan fingerprint density at radius 2 is 1.33 bits per heavy atom. The van der Waals surface area contributed by atoms with E-state index in [1.165, 1.54) is 8.61 Å². The minimum Gasteiger partial charge on any atom is -0.212 e. The van der Waals surface area contributed by atoms with Crippen molar-refractivity contribution in [3.63, 3.8) is 0 Å². The van der Waals surface area contributed by atoms with Gasteiger partial charge in [0.25, 0.3) is 0 Å². The molecule has 1 aromatic carbocycles. The highest BCUT2D eigenvalue weighted by atomic mass is 32.2. The zero-order valence-electron chi connectivity index (χ0n) is 14.1. The van der Waals surface area contributed by atoms with E-state index >= 15 is 0 Å². The molecule has 0 spiro atoms.